The van der Waals surface area contributed by atoms with E-state index in [1.165, 1.54) is 0 Å². The van der Waals surface area contributed by atoms with Crippen molar-refractivity contribution < 1.29 is 13.2 Å². The highest BCUT2D eigenvalue weighted by Crippen LogP contribution is 2.27. The summed E-state index contributed by atoms with van der Waals surface area (Å²) >= 11 is 1.10. The molecule has 0 saturated heterocycles. The lowest BCUT2D eigenvalue weighted by atomic mass is 10.2. The second kappa shape index (κ2) is 3.77. The first kappa shape index (κ1) is 9.70. The maximum absolute atomic E-state index is 11.8. The third-order valence-corrected chi connectivity index (χ3v) is 1.60. The molecule has 0 fully saturated rings. The largest absolute Gasteiger partial charge is 0.403 e. The Labute approximate surface area is 62.2 Å². The molecule has 0 aromatic carbocycles. The first-order valence-corrected chi connectivity index (χ1v) is 3.93. The van der Waals surface area contributed by atoms with Crippen molar-refractivity contribution >= 4 is 11.8 Å². The molecule has 0 heterocycles. The van der Waals surface area contributed by atoms with Gasteiger partial charge in [-0.05, 0) is 6.26 Å². The van der Waals surface area contributed by atoms with Crippen molar-refractivity contribution in [2.24, 2.45) is 5.92 Å². The van der Waals surface area contributed by atoms with E-state index in [4.69, 9.17) is 0 Å². The van der Waals surface area contributed by atoms with Crippen LogP contribution in [0.2, 0.25) is 0 Å². The van der Waals surface area contributed by atoms with Crippen LogP contribution in [0, 0.1) is 18.3 Å². The van der Waals surface area contributed by atoms with Crippen LogP contribution in [0.3, 0.4) is 0 Å². The van der Waals surface area contributed by atoms with E-state index in [0.29, 0.717) is 0 Å². The third kappa shape index (κ3) is 3.02. The molecule has 1 unspecified atom stereocenters. The zero-order valence-electron chi connectivity index (χ0n) is 5.40. The van der Waals surface area contributed by atoms with Gasteiger partial charge < -0.3 is 0 Å². The van der Waals surface area contributed by atoms with Crippen molar-refractivity contribution in [3.05, 3.63) is 0 Å². The lowest BCUT2D eigenvalue weighted by molar-refractivity contribution is -0.152. The summed E-state index contributed by atoms with van der Waals surface area (Å²) < 4.78 is 35.3. The Kier molecular flexibility index (Phi) is 3.66. The normalized spacial score (nSPS) is 14.3. The zero-order chi connectivity index (χ0) is 8.20. The van der Waals surface area contributed by atoms with Gasteiger partial charge in [0.05, 0.1) is 0 Å². The molecular weight excluding hydrogens is 161 g/mol. The summed E-state index contributed by atoms with van der Waals surface area (Å²) in [5.74, 6) is 0.0466. The van der Waals surface area contributed by atoms with Gasteiger partial charge in [-0.1, -0.05) is 5.92 Å². The number of hydrogen-bond donors (Lipinski definition) is 0. The Morgan fingerprint density at radius 1 is 1.60 bits per heavy atom. The summed E-state index contributed by atoms with van der Waals surface area (Å²) in [6, 6.07) is 0. The monoisotopic (exact) mass is 168 g/mol. The van der Waals surface area contributed by atoms with E-state index in [2.05, 4.69) is 6.42 Å². The number of alkyl halides is 3. The van der Waals surface area contributed by atoms with Crippen LogP contribution in [0.15, 0.2) is 0 Å². The van der Waals surface area contributed by atoms with Crippen LogP contribution in [0.5, 0.6) is 0 Å². The molecule has 0 amide bonds. The fourth-order valence-electron chi connectivity index (χ4n) is 0.404. The molecular formula is C6H7F3S. The summed E-state index contributed by atoms with van der Waals surface area (Å²) in [4.78, 5) is 0. The highest BCUT2D eigenvalue weighted by Gasteiger charge is 2.37. The molecule has 0 aliphatic carbocycles. The second-order valence-corrected chi connectivity index (χ2v) is 2.63. The van der Waals surface area contributed by atoms with Crippen LogP contribution in [-0.4, -0.2) is 18.2 Å². The molecule has 58 valence electrons. The molecule has 0 aliphatic rings. The Balaban J connectivity index is 3.98. The Morgan fingerprint density at radius 3 is 2.20 bits per heavy atom. The van der Waals surface area contributed by atoms with Crippen LogP contribution in [0.4, 0.5) is 13.2 Å². The fraction of sp³-hybridized carbons (Fsp3) is 0.667. The molecule has 0 spiro atoms. The fourth-order valence-corrected chi connectivity index (χ4v) is 1.02. The molecule has 0 bridgehead atoms. The smallest absolute Gasteiger partial charge is 0.170 e. The van der Waals surface area contributed by atoms with Gasteiger partial charge >= 0.3 is 6.18 Å². The Bertz CT molecular complexity index is 133. The molecule has 0 aromatic rings. The summed E-state index contributed by atoms with van der Waals surface area (Å²) in [6.45, 7) is 0. The molecule has 1 atom stereocenters. The number of rotatable bonds is 2. The lowest BCUT2D eigenvalue weighted by Crippen LogP contribution is -2.23. The Hall–Kier alpha value is -0.300. The van der Waals surface area contributed by atoms with Gasteiger partial charge in [-0.15, -0.1) is 6.42 Å². The quantitative estimate of drug-likeness (QED) is 0.569. The first-order chi connectivity index (χ1) is 4.52. The van der Waals surface area contributed by atoms with Gasteiger partial charge in [-0.2, -0.15) is 24.9 Å². The van der Waals surface area contributed by atoms with Crippen LogP contribution >= 0.6 is 11.8 Å². The summed E-state index contributed by atoms with van der Waals surface area (Å²) in [5.41, 5.74) is 0. The highest BCUT2D eigenvalue weighted by atomic mass is 32.2. The topological polar surface area (TPSA) is 0 Å². The molecule has 0 nitrogen and oxygen atoms in total. The number of thioether (sulfide) groups is 1. The highest BCUT2D eigenvalue weighted by molar-refractivity contribution is 7.98. The van der Waals surface area contributed by atoms with E-state index >= 15 is 0 Å². The van der Waals surface area contributed by atoms with Gasteiger partial charge in [0.15, 0.2) is 0 Å². The average molecular weight is 168 g/mol. The van der Waals surface area contributed by atoms with Crippen LogP contribution in [0.1, 0.15) is 0 Å². The lowest BCUT2D eigenvalue weighted by Gasteiger charge is -2.12. The van der Waals surface area contributed by atoms with Gasteiger partial charge in [0.1, 0.15) is 5.92 Å². The minimum absolute atomic E-state index is 0.0556. The van der Waals surface area contributed by atoms with Crippen molar-refractivity contribution in [3.63, 3.8) is 0 Å². The summed E-state index contributed by atoms with van der Waals surface area (Å²) in [5, 5.41) is 0. The van der Waals surface area contributed by atoms with E-state index in [9.17, 15) is 13.2 Å². The number of halogens is 3. The molecule has 0 saturated carbocycles. The first-order valence-electron chi connectivity index (χ1n) is 2.54. The predicted molar refractivity (Wildman–Crippen MR) is 36.8 cm³/mol. The van der Waals surface area contributed by atoms with E-state index in [-0.39, 0.29) is 5.75 Å². The van der Waals surface area contributed by atoms with Crippen LogP contribution < -0.4 is 0 Å². The maximum atomic E-state index is 11.8. The predicted octanol–water partition coefficient (Wildman–Crippen LogP) is 2.16. The maximum Gasteiger partial charge on any atom is 0.403 e. The van der Waals surface area contributed by atoms with E-state index in [0.717, 1.165) is 11.8 Å². The zero-order valence-corrected chi connectivity index (χ0v) is 6.22. The molecule has 0 rings (SSSR count). The summed E-state index contributed by atoms with van der Waals surface area (Å²) in [6.07, 6.45) is 2.02. The van der Waals surface area contributed by atoms with Gasteiger partial charge in [-0.3, -0.25) is 0 Å². The van der Waals surface area contributed by atoms with Gasteiger partial charge in [0, 0.05) is 5.75 Å². The van der Waals surface area contributed by atoms with Crippen LogP contribution in [-0.2, 0) is 0 Å². The Morgan fingerprint density at radius 2 is 2.10 bits per heavy atom. The van der Waals surface area contributed by atoms with Crippen LogP contribution in [0.25, 0.3) is 0 Å². The minimum Gasteiger partial charge on any atom is -0.170 e. The van der Waals surface area contributed by atoms with E-state index in [1.54, 1.807) is 12.2 Å². The SMILES string of the molecule is C#CC(CSC)C(F)(F)F. The number of hydrogen-bond acceptors (Lipinski definition) is 1. The third-order valence-electron chi connectivity index (χ3n) is 0.930. The second-order valence-electron chi connectivity index (χ2n) is 1.72. The standard InChI is InChI=1S/C6H7F3S/c1-3-5(4-10-2)6(7,8)9/h1,5H,4H2,2H3. The molecule has 10 heavy (non-hydrogen) atoms. The van der Waals surface area contributed by atoms with Crippen molar-refractivity contribution in [1.29, 1.82) is 0 Å². The molecule has 0 aromatic heterocycles. The number of terminal acetylenes is 1. The molecule has 0 aliphatic heterocycles. The van der Waals surface area contributed by atoms with E-state index in [1.807, 2.05) is 0 Å². The van der Waals surface area contributed by atoms with Crippen molar-refractivity contribution in [2.45, 2.75) is 6.18 Å². The van der Waals surface area contributed by atoms with Crippen molar-refractivity contribution in [2.75, 3.05) is 12.0 Å². The van der Waals surface area contributed by atoms with Gasteiger partial charge in [-0.25, -0.2) is 0 Å². The van der Waals surface area contributed by atoms with Crippen molar-refractivity contribution in [3.8, 4) is 12.3 Å². The van der Waals surface area contributed by atoms with Crippen molar-refractivity contribution in [1.82, 2.24) is 0 Å². The van der Waals surface area contributed by atoms with Gasteiger partial charge in [0.2, 0.25) is 0 Å². The van der Waals surface area contributed by atoms with E-state index < -0.39 is 12.1 Å². The molecule has 0 radical (unpaired) electrons. The minimum atomic E-state index is -4.24. The average Bonchev–Trinajstić information content (AvgIpc) is 1.80. The molecule has 0 N–H and O–H groups in total. The van der Waals surface area contributed by atoms with Gasteiger partial charge in [0.25, 0.3) is 0 Å². The molecule has 4 heteroatoms. The summed E-state index contributed by atoms with van der Waals surface area (Å²) in [7, 11) is 0.